The van der Waals surface area contributed by atoms with Crippen LogP contribution in [0, 0.1) is 5.82 Å². The largest absolute Gasteiger partial charge is 0.387 e. The van der Waals surface area contributed by atoms with E-state index in [1.165, 1.54) is 10.7 Å². The van der Waals surface area contributed by atoms with Gasteiger partial charge in [-0.15, -0.1) is 0 Å². The van der Waals surface area contributed by atoms with Gasteiger partial charge in [-0.1, -0.05) is 19.9 Å². The van der Waals surface area contributed by atoms with Gasteiger partial charge in [-0.3, -0.25) is 14.3 Å². The second-order valence-corrected chi connectivity index (χ2v) is 9.88. The number of aromatic nitrogens is 4. The monoisotopic (exact) mass is 541 g/mol. The van der Waals surface area contributed by atoms with Gasteiger partial charge in [0.15, 0.2) is 0 Å². The normalized spacial score (nSPS) is 13.0. The standard InChI is InChI=1S/C30H32FN7O2/c1-3-9-36(10-4-2)29(39)22-15-25-26(31)16-21(17-27(25)35-28(32)18-22)20-6-7-24-23(14-20)19-34-38(30(24)40)13-12-37-11-5-8-33-37/h5-8,11,14-17,19H,3-4,9-10,12-13,18H2,1-2H3,(H2,32,35). The Hall–Kier alpha value is -4.60. The molecule has 3 heterocycles. The summed E-state index contributed by atoms with van der Waals surface area (Å²) in [5, 5.41) is 9.65. The smallest absolute Gasteiger partial charge is 0.274 e. The lowest BCUT2D eigenvalue weighted by molar-refractivity contribution is -0.127. The number of halogens is 1. The number of rotatable bonds is 9. The van der Waals surface area contributed by atoms with Gasteiger partial charge in [-0.25, -0.2) is 14.1 Å². The number of carbonyl (C=O) groups is 1. The summed E-state index contributed by atoms with van der Waals surface area (Å²) in [4.78, 5) is 32.5. The molecule has 4 aromatic rings. The van der Waals surface area contributed by atoms with E-state index in [1.807, 2.05) is 32.2 Å². The molecular weight excluding hydrogens is 509 g/mol. The number of nitrogens with two attached hydrogens (primary N) is 1. The van der Waals surface area contributed by atoms with Crippen molar-refractivity contribution in [1.29, 1.82) is 0 Å². The number of fused-ring (bicyclic) bond motifs is 2. The third kappa shape index (κ3) is 5.56. The summed E-state index contributed by atoms with van der Waals surface area (Å²) in [6, 6.07) is 10.3. The second kappa shape index (κ2) is 11.6. The summed E-state index contributed by atoms with van der Waals surface area (Å²) in [5.74, 6) is -0.391. The molecule has 0 atom stereocenters. The first kappa shape index (κ1) is 27.0. The maximum Gasteiger partial charge on any atom is 0.274 e. The van der Waals surface area contributed by atoms with Crippen molar-refractivity contribution in [1.82, 2.24) is 24.5 Å². The lowest BCUT2D eigenvalue weighted by Gasteiger charge is -2.22. The van der Waals surface area contributed by atoms with E-state index >= 15 is 4.39 Å². The first-order valence-corrected chi connectivity index (χ1v) is 13.5. The van der Waals surface area contributed by atoms with Gasteiger partial charge < -0.3 is 10.6 Å². The highest BCUT2D eigenvalue weighted by Crippen LogP contribution is 2.35. The third-order valence-electron chi connectivity index (χ3n) is 6.90. The molecule has 0 saturated carbocycles. The average Bonchev–Trinajstić information content (AvgIpc) is 3.40. The van der Waals surface area contributed by atoms with Gasteiger partial charge in [0.2, 0.25) is 5.91 Å². The van der Waals surface area contributed by atoms with Crippen LogP contribution in [0.2, 0.25) is 0 Å². The maximum atomic E-state index is 15.5. The number of nitrogens with zero attached hydrogens (tertiary/aromatic N) is 6. The van der Waals surface area contributed by atoms with Crippen LogP contribution in [0.1, 0.15) is 38.7 Å². The van der Waals surface area contributed by atoms with Gasteiger partial charge in [-0.2, -0.15) is 10.2 Å². The molecule has 40 heavy (non-hydrogen) atoms. The van der Waals surface area contributed by atoms with Crippen molar-refractivity contribution in [3.63, 3.8) is 0 Å². The van der Waals surface area contributed by atoms with Crippen LogP contribution in [0.4, 0.5) is 10.1 Å². The molecule has 0 bridgehead atoms. The van der Waals surface area contributed by atoms with E-state index in [0.717, 1.165) is 12.8 Å². The molecule has 0 radical (unpaired) electrons. The van der Waals surface area contributed by atoms with Gasteiger partial charge in [0.1, 0.15) is 11.7 Å². The third-order valence-corrected chi connectivity index (χ3v) is 6.90. The fraction of sp³-hybridized carbons (Fsp3) is 0.300. The van der Waals surface area contributed by atoms with E-state index < -0.39 is 5.82 Å². The Morgan fingerprint density at radius 1 is 1.07 bits per heavy atom. The van der Waals surface area contributed by atoms with Crippen molar-refractivity contribution < 1.29 is 9.18 Å². The van der Waals surface area contributed by atoms with E-state index in [-0.39, 0.29) is 29.3 Å². The molecular formula is C30H32FN7O2. The molecule has 2 aromatic carbocycles. The van der Waals surface area contributed by atoms with Crippen LogP contribution in [0.5, 0.6) is 0 Å². The highest BCUT2D eigenvalue weighted by Gasteiger charge is 2.23. The minimum Gasteiger partial charge on any atom is -0.387 e. The van der Waals surface area contributed by atoms with Crippen LogP contribution in [-0.4, -0.2) is 49.3 Å². The Morgan fingerprint density at radius 2 is 1.88 bits per heavy atom. The Kier molecular flexibility index (Phi) is 7.86. The first-order chi connectivity index (χ1) is 19.4. The number of hydrogen-bond donors (Lipinski definition) is 1. The van der Waals surface area contributed by atoms with Crippen LogP contribution in [0.15, 0.2) is 70.3 Å². The summed E-state index contributed by atoms with van der Waals surface area (Å²) >= 11 is 0. The summed E-state index contributed by atoms with van der Waals surface area (Å²) in [5.41, 5.74) is 8.30. The molecule has 206 valence electrons. The lowest BCUT2D eigenvalue weighted by Crippen LogP contribution is -2.34. The molecule has 0 fully saturated rings. The summed E-state index contributed by atoms with van der Waals surface area (Å²) in [6.07, 6.45) is 8.55. The summed E-state index contributed by atoms with van der Waals surface area (Å²) in [6.45, 7) is 6.21. The Morgan fingerprint density at radius 3 is 2.60 bits per heavy atom. The highest BCUT2D eigenvalue weighted by molar-refractivity contribution is 6.05. The molecule has 10 heteroatoms. The maximum absolute atomic E-state index is 15.5. The molecule has 1 aliphatic heterocycles. The lowest BCUT2D eigenvalue weighted by atomic mass is 9.98. The van der Waals surface area contributed by atoms with Crippen molar-refractivity contribution in [2.45, 2.75) is 46.2 Å². The van der Waals surface area contributed by atoms with Gasteiger partial charge in [0, 0.05) is 48.4 Å². The Bertz CT molecular complexity index is 1670. The molecule has 2 N–H and O–H groups in total. The van der Waals surface area contributed by atoms with E-state index in [9.17, 15) is 9.59 Å². The molecule has 9 nitrogen and oxygen atoms in total. The minimum atomic E-state index is -0.499. The fourth-order valence-corrected chi connectivity index (χ4v) is 4.97. The molecule has 0 aliphatic carbocycles. The zero-order valence-electron chi connectivity index (χ0n) is 22.7. The number of amidine groups is 1. The van der Waals surface area contributed by atoms with Crippen LogP contribution in [0.25, 0.3) is 28.0 Å². The topological polar surface area (TPSA) is 111 Å². The van der Waals surface area contributed by atoms with E-state index in [0.29, 0.717) is 59.3 Å². The summed E-state index contributed by atoms with van der Waals surface area (Å²) < 4.78 is 18.7. The van der Waals surface area contributed by atoms with Crippen molar-refractivity contribution in [2.75, 3.05) is 13.1 Å². The molecule has 5 rings (SSSR count). The van der Waals surface area contributed by atoms with Crippen LogP contribution < -0.4 is 11.3 Å². The summed E-state index contributed by atoms with van der Waals surface area (Å²) in [7, 11) is 0. The van der Waals surface area contributed by atoms with E-state index in [1.54, 1.807) is 46.3 Å². The van der Waals surface area contributed by atoms with Crippen LogP contribution in [0.3, 0.4) is 0 Å². The van der Waals surface area contributed by atoms with Gasteiger partial charge in [0.25, 0.3) is 5.56 Å². The Balaban J connectivity index is 1.47. The average molecular weight is 542 g/mol. The fourth-order valence-electron chi connectivity index (χ4n) is 4.97. The zero-order chi connectivity index (χ0) is 28.2. The van der Waals surface area contributed by atoms with Gasteiger partial charge >= 0.3 is 0 Å². The van der Waals surface area contributed by atoms with Crippen LogP contribution >= 0.6 is 0 Å². The van der Waals surface area contributed by atoms with Crippen LogP contribution in [-0.2, 0) is 17.9 Å². The van der Waals surface area contributed by atoms with Gasteiger partial charge in [0.05, 0.1) is 30.4 Å². The molecule has 0 saturated heterocycles. The predicted molar refractivity (Wildman–Crippen MR) is 155 cm³/mol. The second-order valence-electron chi connectivity index (χ2n) is 9.88. The zero-order valence-corrected chi connectivity index (χ0v) is 22.7. The number of amides is 1. The Labute approximate surface area is 231 Å². The number of aliphatic imine (C=N–C) groups is 1. The molecule has 0 spiro atoms. The van der Waals surface area contributed by atoms with Crippen molar-refractivity contribution >= 4 is 34.3 Å². The molecule has 2 aromatic heterocycles. The first-order valence-electron chi connectivity index (χ1n) is 13.5. The number of hydrogen-bond acceptors (Lipinski definition) is 6. The highest BCUT2D eigenvalue weighted by atomic mass is 19.1. The molecule has 0 unspecified atom stereocenters. The molecule has 1 amide bonds. The number of benzene rings is 2. The van der Waals surface area contributed by atoms with E-state index in [4.69, 9.17) is 5.73 Å². The number of aryl methyl sites for hydroxylation is 2. The predicted octanol–water partition coefficient (Wildman–Crippen LogP) is 4.52. The molecule has 1 aliphatic rings. The van der Waals surface area contributed by atoms with E-state index in [2.05, 4.69) is 15.2 Å². The van der Waals surface area contributed by atoms with Crippen molar-refractivity contribution in [2.24, 2.45) is 10.7 Å². The quantitative estimate of drug-likeness (QED) is 0.335. The van der Waals surface area contributed by atoms with Crippen molar-refractivity contribution in [3.8, 4) is 11.1 Å². The van der Waals surface area contributed by atoms with Crippen molar-refractivity contribution in [3.05, 3.63) is 82.3 Å². The number of carbonyl (C=O) groups excluding carboxylic acids is 1. The SMILES string of the molecule is CCCN(CCC)C(=O)C1=Cc2c(F)cc(-c3ccc4c(=O)n(CCn5cccn5)ncc4c3)cc2N=C(N)C1. The van der Waals surface area contributed by atoms with Gasteiger partial charge in [-0.05, 0) is 60.4 Å². The minimum absolute atomic E-state index is 0.143.